The summed E-state index contributed by atoms with van der Waals surface area (Å²) in [5.74, 6) is 1.05. The van der Waals surface area contributed by atoms with E-state index in [2.05, 4.69) is 9.97 Å². The molecule has 2 aromatic rings. The van der Waals surface area contributed by atoms with Crippen molar-refractivity contribution in [3.63, 3.8) is 0 Å². The highest BCUT2D eigenvalue weighted by atomic mass is 16.5. The maximum atomic E-state index is 12.7. The van der Waals surface area contributed by atoms with Crippen molar-refractivity contribution < 1.29 is 19.0 Å². The van der Waals surface area contributed by atoms with Crippen molar-refractivity contribution in [2.45, 2.75) is 12.5 Å². The zero-order chi connectivity index (χ0) is 16.9. The predicted molar refractivity (Wildman–Crippen MR) is 86.5 cm³/mol. The van der Waals surface area contributed by atoms with Crippen LogP contribution >= 0.6 is 0 Å². The minimum absolute atomic E-state index is 0.0883. The highest BCUT2D eigenvalue weighted by Crippen LogP contribution is 2.27. The van der Waals surface area contributed by atoms with E-state index in [4.69, 9.17) is 14.2 Å². The molecule has 0 aliphatic carbocycles. The minimum atomic E-state index is -0.111. The van der Waals surface area contributed by atoms with Crippen LogP contribution in [0.1, 0.15) is 16.8 Å². The summed E-state index contributed by atoms with van der Waals surface area (Å²) in [6, 6.07) is 7.23. The Morgan fingerprint density at radius 1 is 1.21 bits per heavy atom. The molecule has 0 N–H and O–H groups in total. The van der Waals surface area contributed by atoms with Crippen LogP contribution < -0.4 is 14.2 Å². The zero-order valence-electron chi connectivity index (χ0n) is 13.6. The first-order valence-electron chi connectivity index (χ1n) is 7.66. The van der Waals surface area contributed by atoms with E-state index in [1.807, 2.05) is 0 Å². The molecule has 1 amide bonds. The second-order valence-electron chi connectivity index (χ2n) is 5.38. The van der Waals surface area contributed by atoms with Gasteiger partial charge in [0.1, 0.15) is 17.6 Å². The lowest BCUT2D eigenvalue weighted by molar-refractivity contribution is 0.0766. The summed E-state index contributed by atoms with van der Waals surface area (Å²) in [7, 11) is 3.11. The van der Waals surface area contributed by atoms with Crippen molar-refractivity contribution in [2.75, 3.05) is 27.3 Å². The Bertz CT molecular complexity index is 708. The van der Waals surface area contributed by atoms with E-state index in [0.29, 0.717) is 36.2 Å². The highest BCUT2D eigenvalue weighted by Gasteiger charge is 2.30. The Balaban J connectivity index is 1.68. The summed E-state index contributed by atoms with van der Waals surface area (Å²) in [6.45, 7) is 1.11. The van der Waals surface area contributed by atoms with E-state index >= 15 is 0 Å². The number of likely N-dealkylation sites (tertiary alicyclic amines) is 1. The van der Waals surface area contributed by atoms with Crippen LogP contribution in [-0.2, 0) is 0 Å². The molecule has 0 spiro atoms. The van der Waals surface area contributed by atoms with Crippen LogP contribution in [-0.4, -0.2) is 54.2 Å². The van der Waals surface area contributed by atoms with Crippen LogP contribution in [0.2, 0.25) is 0 Å². The van der Waals surface area contributed by atoms with Crippen molar-refractivity contribution in [2.24, 2.45) is 0 Å². The van der Waals surface area contributed by atoms with Crippen molar-refractivity contribution >= 4 is 5.91 Å². The van der Waals surface area contributed by atoms with Gasteiger partial charge in [-0.2, -0.15) is 0 Å². The Morgan fingerprint density at radius 3 is 2.71 bits per heavy atom. The largest absolute Gasteiger partial charge is 0.497 e. The van der Waals surface area contributed by atoms with Gasteiger partial charge in [-0.05, 0) is 18.2 Å². The van der Waals surface area contributed by atoms with Gasteiger partial charge in [0.25, 0.3) is 5.91 Å². The lowest BCUT2D eigenvalue weighted by Gasteiger charge is -2.18. The number of hydrogen-bond acceptors (Lipinski definition) is 6. The molecule has 0 bridgehead atoms. The number of benzene rings is 1. The summed E-state index contributed by atoms with van der Waals surface area (Å²) in [5.41, 5.74) is 0.509. The molecule has 7 heteroatoms. The molecule has 1 saturated heterocycles. The quantitative estimate of drug-likeness (QED) is 0.832. The maximum Gasteiger partial charge on any atom is 0.316 e. The van der Waals surface area contributed by atoms with E-state index in [1.165, 1.54) is 7.11 Å². The zero-order valence-corrected chi connectivity index (χ0v) is 13.6. The number of nitrogens with zero attached hydrogens (tertiary/aromatic N) is 3. The molecule has 1 aliphatic rings. The number of amides is 1. The summed E-state index contributed by atoms with van der Waals surface area (Å²) >= 11 is 0. The van der Waals surface area contributed by atoms with Crippen molar-refractivity contribution in [3.8, 4) is 17.5 Å². The summed E-state index contributed by atoms with van der Waals surface area (Å²) in [4.78, 5) is 22.6. The van der Waals surface area contributed by atoms with Crippen LogP contribution in [0.4, 0.5) is 0 Å². The van der Waals surface area contributed by atoms with Crippen LogP contribution in [0.3, 0.4) is 0 Å². The smallest absolute Gasteiger partial charge is 0.316 e. The number of rotatable bonds is 5. The van der Waals surface area contributed by atoms with Gasteiger partial charge < -0.3 is 19.1 Å². The maximum absolute atomic E-state index is 12.7. The molecule has 3 rings (SSSR count). The SMILES string of the molecule is COc1ccc(C(=O)N2CC[C@@H](Oc3ncccn3)C2)c(OC)c1. The molecule has 2 heterocycles. The molecule has 1 fully saturated rings. The van der Waals surface area contributed by atoms with Gasteiger partial charge >= 0.3 is 6.01 Å². The predicted octanol–water partition coefficient (Wildman–Crippen LogP) is 1.79. The van der Waals surface area contributed by atoms with Crippen LogP contribution in [0, 0.1) is 0 Å². The van der Waals surface area contributed by atoms with Gasteiger partial charge in [-0.15, -0.1) is 0 Å². The molecule has 0 unspecified atom stereocenters. The van der Waals surface area contributed by atoms with E-state index in [9.17, 15) is 4.79 Å². The van der Waals surface area contributed by atoms with Crippen LogP contribution in [0.5, 0.6) is 17.5 Å². The Labute approximate surface area is 140 Å². The van der Waals surface area contributed by atoms with Gasteiger partial charge in [0.05, 0.1) is 26.3 Å². The first-order valence-corrected chi connectivity index (χ1v) is 7.66. The molecule has 0 radical (unpaired) electrons. The molecule has 1 aliphatic heterocycles. The van der Waals surface area contributed by atoms with Crippen molar-refractivity contribution in [3.05, 3.63) is 42.2 Å². The molecule has 1 aromatic carbocycles. The molecule has 1 atom stereocenters. The monoisotopic (exact) mass is 329 g/mol. The van der Waals surface area contributed by atoms with Gasteiger partial charge in [-0.25, -0.2) is 9.97 Å². The third kappa shape index (κ3) is 3.40. The molecule has 1 aromatic heterocycles. The van der Waals surface area contributed by atoms with E-state index in [0.717, 1.165) is 6.42 Å². The number of carbonyl (C=O) groups is 1. The minimum Gasteiger partial charge on any atom is -0.497 e. The molecule has 126 valence electrons. The molecule has 0 saturated carbocycles. The highest BCUT2D eigenvalue weighted by molar-refractivity contribution is 5.97. The average Bonchev–Trinajstić information content (AvgIpc) is 3.09. The van der Waals surface area contributed by atoms with E-state index in [-0.39, 0.29) is 12.0 Å². The van der Waals surface area contributed by atoms with Crippen molar-refractivity contribution in [1.29, 1.82) is 0 Å². The van der Waals surface area contributed by atoms with Gasteiger partial charge in [-0.3, -0.25) is 4.79 Å². The molecule has 7 nitrogen and oxygen atoms in total. The Hall–Kier alpha value is -2.83. The fourth-order valence-corrected chi connectivity index (χ4v) is 2.65. The van der Waals surface area contributed by atoms with Gasteiger partial charge in [0.15, 0.2) is 0 Å². The molecular weight excluding hydrogens is 310 g/mol. The second kappa shape index (κ2) is 7.16. The lowest BCUT2D eigenvalue weighted by Crippen LogP contribution is -2.31. The number of methoxy groups -OCH3 is 2. The van der Waals surface area contributed by atoms with Crippen LogP contribution in [0.25, 0.3) is 0 Å². The topological polar surface area (TPSA) is 73.8 Å². The van der Waals surface area contributed by atoms with E-state index < -0.39 is 0 Å². The fourth-order valence-electron chi connectivity index (χ4n) is 2.65. The molecular formula is C17H19N3O4. The summed E-state index contributed by atoms with van der Waals surface area (Å²) < 4.78 is 16.2. The van der Waals surface area contributed by atoms with Crippen LogP contribution in [0.15, 0.2) is 36.7 Å². The number of carbonyl (C=O) groups excluding carboxylic acids is 1. The first-order chi connectivity index (χ1) is 11.7. The number of hydrogen-bond donors (Lipinski definition) is 0. The Kier molecular flexibility index (Phi) is 4.79. The van der Waals surface area contributed by atoms with E-state index in [1.54, 1.807) is 48.7 Å². The normalized spacial score (nSPS) is 16.8. The van der Waals surface area contributed by atoms with Gasteiger partial charge in [0, 0.05) is 31.4 Å². The molecule has 24 heavy (non-hydrogen) atoms. The average molecular weight is 329 g/mol. The lowest BCUT2D eigenvalue weighted by atomic mass is 10.1. The number of aromatic nitrogens is 2. The second-order valence-corrected chi connectivity index (χ2v) is 5.38. The fraction of sp³-hybridized carbons (Fsp3) is 0.353. The summed E-state index contributed by atoms with van der Waals surface area (Å²) in [6.07, 6.45) is 3.88. The Morgan fingerprint density at radius 2 is 2.00 bits per heavy atom. The standard InChI is InChI=1S/C17H19N3O4/c1-22-12-4-5-14(15(10-12)23-2)16(21)20-9-6-13(11-20)24-17-18-7-3-8-19-17/h3-5,7-8,10,13H,6,9,11H2,1-2H3/t13-/m1/s1. The number of ether oxygens (including phenoxy) is 3. The first kappa shape index (κ1) is 16.0. The van der Waals surface area contributed by atoms with Gasteiger partial charge in [-0.1, -0.05) is 0 Å². The van der Waals surface area contributed by atoms with Gasteiger partial charge in [0.2, 0.25) is 0 Å². The third-order valence-electron chi connectivity index (χ3n) is 3.89. The third-order valence-corrected chi connectivity index (χ3v) is 3.89. The summed E-state index contributed by atoms with van der Waals surface area (Å²) in [5, 5.41) is 0. The van der Waals surface area contributed by atoms with Crippen molar-refractivity contribution in [1.82, 2.24) is 14.9 Å².